The maximum absolute atomic E-state index is 11.6. The SMILES string of the molecule is CC(C)NC(=O)CCC(=O)c1ccc(Cl)s1. The zero-order valence-corrected chi connectivity index (χ0v) is 10.8. The Kier molecular flexibility index (Phi) is 4.96. The van der Waals surface area contributed by atoms with Crippen molar-refractivity contribution in [3.63, 3.8) is 0 Å². The van der Waals surface area contributed by atoms with Gasteiger partial charge in [0.25, 0.3) is 0 Å². The van der Waals surface area contributed by atoms with Crippen LogP contribution in [0.1, 0.15) is 36.4 Å². The van der Waals surface area contributed by atoms with Crippen LogP contribution in [0.5, 0.6) is 0 Å². The predicted octanol–water partition coefficient (Wildman–Crippen LogP) is 2.89. The Morgan fingerprint density at radius 3 is 2.56 bits per heavy atom. The van der Waals surface area contributed by atoms with E-state index in [-0.39, 0.29) is 30.6 Å². The summed E-state index contributed by atoms with van der Waals surface area (Å²) in [6.07, 6.45) is 0.460. The molecule has 3 nitrogen and oxygen atoms in total. The minimum absolute atomic E-state index is 0.0317. The highest BCUT2D eigenvalue weighted by Gasteiger charge is 2.11. The van der Waals surface area contributed by atoms with Gasteiger partial charge in [-0.05, 0) is 26.0 Å². The van der Waals surface area contributed by atoms with E-state index in [4.69, 9.17) is 11.6 Å². The smallest absolute Gasteiger partial charge is 0.220 e. The normalized spacial score (nSPS) is 10.5. The molecule has 0 radical (unpaired) electrons. The van der Waals surface area contributed by atoms with Gasteiger partial charge in [0.05, 0.1) is 9.21 Å². The molecule has 0 fully saturated rings. The molecule has 0 aliphatic heterocycles. The molecular weight excluding hydrogens is 246 g/mol. The van der Waals surface area contributed by atoms with Crippen molar-refractivity contribution in [3.8, 4) is 0 Å². The van der Waals surface area contributed by atoms with Crippen LogP contribution >= 0.6 is 22.9 Å². The second-order valence-corrected chi connectivity index (χ2v) is 5.46. The van der Waals surface area contributed by atoms with E-state index in [9.17, 15) is 9.59 Å². The summed E-state index contributed by atoms with van der Waals surface area (Å²) < 4.78 is 0.593. The molecule has 0 bridgehead atoms. The molecule has 1 N–H and O–H groups in total. The largest absolute Gasteiger partial charge is 0.354 e. The van der Waals surface area contributed by atoms with Gasteiger partial charge in [0.2, 0.25) is 5.91 Å². The van der Waals surface area contributed by atoms with Crippen molar-refractivity contribution in [2.75, 3.05) is 0 Å². The van der Waals surface area contributed by atoms with Crippen LogP contribution in [-0.4, -0.2) is 17.7 Å². The van der Waals surface area contributed by atoms with Crippen molar-refractivity contribution >= 4 is 34.6 Å². The third-order valence-electron chi connectivity index (χ3n) is 1.88. The number of rotatable bonds is 5. The van der Waals surface area contributed by atoms with E-state index in [1.165, 1.54) is 11.3 Å². The van der Waals surface area contributed by atoms with Gasteiger partial charge in [0.15, 0.2) is 5.78 Å². The zero-order chi connectivity index (χ0) is 12.1. The average molecular weight is 260 g/mol. The van der Waals surface area contributed by atoms with Crippen molar-refractivity contribution in [2.24, 2.45) is 0 Å². The van der Waals surface area contributed by atoms with Gasteiger partial charge in [0, 0.05) is 18.9 Å². The Morgan fingerprint density at radius 1 is 1.38 bits per heavy atom. The van der Waals surface area contributed by atoms with E-state index >= 15 is 0 Å². The van der Waals surface area contributed by atoms with Crippen LogP contribution < -0.4 is 5.32 Å². The number of amides is 1. The lowest BCUT2D eigenvalue weighted by atomic mass is 10.2. The van der Waals surface area contributed by atoms with Crippen LogP contribution in [-0.2, 0) is 4.79 Å². The fraction of sp³-hybridized carbons (Fsp3) is 0.455. The molecule has 1 aromatic heterocycles. The van der Waals surface area contributed by atoms with Crippen molar-refractivity contribution in [2.45, 2.75) is 32.7 Å². The van der Waals surface area contributed by atoms with E-state index < -0.39 is 0 Å². The number of halogens is 1. The van der Waals surface area contributed by atoms with Crippen LogP contribution in [0.2, 0.25) is 4.34 Å². The molecule has 0 aromatic carbocycles. The quantitative estimate of drug-likeness (QED) is 0.827. The van der Waals surface area contributed by atoms with Crippen LogP contribution in [0.15, 0.2) is 12.1 Å². The Labute approximate surface area is 104 Å². The van der Waals surface area contributed by atoms with Gasteiger partial charge >= 0.3 is 0 Å². The fourth-order valence-electron chi connectivity index (χ4n) is 1.21. The summed E-state index contributed by atoms with van der Waals surface area (Å²) in [5.74, 6) is -0.123. The second kappa shape index (κ2) is 6.01. The Morgan fingerprint density at radius 2 is 2.06 bits per heavy atom. The summed E-state index contributed by atoms with van der Waals surface area (Å²) in [7, 11) is 0. The van der Waals surface area contributed by atoms with Crippen LogP contribution in [0.4, 0.5) is 0 Å². The number of hydrogen-bond acceptors (Lipinski definition) is 3. The highest BCUT2D eigenvalue weighted by Crippen LogP contribution is 2.22. The first kappa shape index (κ1) is 13.2. The maximum Gasteiger partial charge on any atom is 0.220 e. The van der Waals surface area contributed by atoms with Gasteiger partial charge in [-0.1, -0.05) is 11.6 Å². The summed E-state index contributed by atoms with van der Waals surface area (Å²) in [4.78, 5) is 23.5. The molecule has 1 aromatic rings. The number of nitrogens with one attached hydrogen (secondary N) is 1. The third kappa shape index (κ3) is 4.33. The molecule has 88 valence electrons. The number of hydrogen-bond donors (Lipinski definition) is 1. The summed E-state index contributed by atoms with van der Waals surface area (Å²) >= 11 is 6.97. The average Bonchev–Trinajstić information content (AvgIpc) is 2.60. The second-order valence-electron chi connectivity index (χ2n) is 3.75. The summed E-state index contributed by atoms with van der Waals surface area (Å²) in [5, 5.41) is 2.74. The third-order valence-corrected chi connectivity index (χ3v) is 3.15. The van der Waals surface area contributed by atoms with Gasteiger partial charge < -0.3 is 5.32 Å². The standard InChI is InChI=1S/C11H14ClNO2S/c1-7(2)13-11(15)6-3-8(14)9-4-5-10(12)16-9/h4-5,7H,3,6H2,1-2H3,(H,13,15). The fourth-order valence-corrected chi connectivity index (χ4v) is 2.22. The molecule has 1 rings (SSSR count). The molecule has 0 aliphatic carbocycles. The number of Topliss-reactive ketones (excluding diaryl/α,β-unsaturated/α-hetero) is 1. The van der Waals surface area contributed by atoms with Crippen molar-refractivity contribution < 1.29 is 9.59 Å². The number of thiophene rings is 1. The lowest BCUT2D eigenvalue weighted by Crippen LogP contribution is -2.30. The Hall–Kier alpha value is -0.870. The van der Waals surface area contributed by atoms with E-state index in [2.05, 4.69) is 5.32 Å². The van der Waals surface area contributed by atoms with Gasteiger partial charge in [-0.3, -0.25) is 9.59 Å². The minimum atomic E-state index is -0.0917. The molecule has 16 heavy (non-hydrogen) atoms. The van der Waals surface area contributed by atoms with Crippen LogP contribution in [0.3, 0.4) is 0 Å². The molecular formula is C11H14ClNO2S. The van der Waals surface area contributed by atoms with Gasteiger partial charge in [0.1, 0.15) is 0 Å². The van der Waals surface area contributed by atoms with Gasteiger partial charge in [-0.15, -0.1) is 11.3 Å². The first-order valence-corrected chi connectivity index (χ1v) is 6.26. The summed E-state index contributed by atoms with van der Waals surface area (Å²) in [5.41, 5.74) is 0. The topological polar surface area (TPSA) is 46.2 Å². The molecule has 1 amide bonds. The van der Waals surface area contributed by atoms with Gasteiger partial charge in [-0.25, -0.2) is 0 Å². The maximum atomic E-state index is 11.6. The molecule has 0 saturated carbocycles. The monoisotopic (exact) mass is 259 g/mol. The molecule has 0 atom stereocenters. The molecule has 1 heterocycles. The van der Waals surface area contributed by atoms with Crippen molar-refractivity contribution in [3.05, 3.63) is 21.3 Å². The molecule has 0 spiro atoms. The van der Waals surface area contributed by atoms with E-state index in [1.807, 2.05) is 13.8 Å². The van der Waals surface area contributed by atoms with E-state index in [0.717, 1.165) is 0 Å². The lowest BCUT2D eigenvalue weighted by molar-refractivity contribution is -0.121. The van der Waals surface area contributed by atoms with Crippen molar-refractivity contribution in [1.82, 2.24) is 5.32 Å². The summed E-state index contributed by atoms with van der Waals surface area (Å²) in [6, 6.07) is 3.49. The molecule has 0 saturated heterocycles. The van der Waals surface area contributed by atoms with E-state index in [0.29, 0.717) is 9.21 Å². The number of carbonyl (C=O) groups excluding carboxylic acids is 2. The van der Waals surface area contributed by atoms with Crippen LogP contribution in [0.25, 0.3) is 0 Å². The first-order valence-electron chi connectivity index (χ1n) is 5.07. The Balaban J connectivity index is 2.38. The highest BCUT2D eigenvalue weighted by molar-refractivity contribution is 7.18. The van der Waals surface area contributed by atoms with Gasteiger partial charge in [-0.2, -0.15) is 0 Å². The summed E-state index contributed by atoms with van der Waals surface area (Å²) in [6.45, 7) is 3.78. The number of carbonyl (C=O) groups is 2. The highest BCUT2D eigenvalue weighted by atomic mass is 35.5. The number of ketones is 1. The minimum Gasteiger partial charge on any atom is -0.354 e. The Bertz CT molecular complexity index is 387. The lowest BCUT2D eigenvalue weighted by Gasteiger charge is -2.06. The molecule has 0 unspecified atom stereocenters. The molecule has 5 heteroatoms. The van der Waals surface area contributed by atoms with E-state index in [1.54, 1.807) is 12.1 Å². The zero-order valence-electron chi connectivity index (χ0n) is 9.25. The van der Waals surface area contributed by atoms with Crippen LogP contribution in [0, 0.1) is 0 Å². The first-order chi connectivity index (χ1) is 7.49. The predicted molar refractivity (Wildman–Crippen MR) is 66.2 cm³/mol. The molecule has 0 aliphatic rings. The van der Waals surface area contributed by atoms with Crippen molar-refractivity contribution in [1.29, 1.82) is 0 Å².